The first-order valence-electron chi connectivity index (χ1n) is 6.85. The highest BCUT2D eigenvalue weighted by molar-refractivity contribution is 9.10. The first kappa shape index (κ1) is 18.9. The summed E-state index contributed by atoms with van der Waals surface area (Å²) in [4.78, 5) is 0.136. The van der Waals surface area contributed by atoms with Crippen molar-refractivity contribution in [1.29, 1.82) is 0 Å². The predicted octanol–water partition coefficient (Wildman–Crippen LogP) is 2.81. The molecule has 0 spiro atoms. The molecule has 0 radical (unpaired) electrons. The van der Waals surface area contributed by atoms with Gasteiger partial charge in [0.1, 0.15) is 0 Å². The molecule has 2 aromatic rings. The van der Waals surface area contributed by atoms with Gasteiger partial charge in [-0.25, -0.2) is 21.1 Å². The molecule has 9 heteroatoms. The number of halogens is 1. The lowest BCUT2D eigenvalue weighted by Crippen LogP contribution is -2.23. The quantitative estimate of drug-likeness (QED) is 0.786. The van der Waals surface area contributed by atoms with Crippen LogP contribution in [0.3, 0.4) is 0 Å². The topological polar surface area (TPSA) is 83.5 Å². The fraction of sp³-hybridized carbons (Fsp3) is 0.200. The van der Waals surface area contributed by atoms with E-state index in [0.29, 0.717) is 10.0 Å². The van der Waals surface area contributed by atoms with Crippen molar-refractivity contribution in [3.63, 3.8) is 0 Å². The van der Waals surface area contributed by atoms with Crippen LogP contribution >= 0.6 is 15.9 Å². The molecule has 0 fully saturated rings. The van der Waals surface area contributed by atoms with Gasteiger partial charge in [0.05, 0.1) is 15.5 Å². The fourth-order valence-electron chi connectivity index (χ4n) is 1.99. The SMILES string of the molecule is Cc1ccc(NS(=O)(=O)c2cccc(Br)c2)cc1S(=O)(=O)N(C)C. The minimum absolute atomic E-state index is 0.0574. The van der Waals surface area contributed by atoms with Gasteiger partial charge in [-0.3, -0.25) is 4.72 Å². The van der Waals surface area contributed by atoms with Gasteiger partial charge in [-0.1, -0.05) is 28.1 Å². The van der Waals surface area contributed by atoms with Crippen LogP contribution in [0.4, 0.5) is 5.69 Å². The van der Waals surface area contributed by atoms with Gasteiger partial charge in [0.25, 0.3) is 10.0 Å². The molecule has 1 N–H and O–H groups in total. The van der Waals surface area contributed by atoms with Crippen LogP contribution in [0.25, 0.3) is 0 Å². The van der Waals surface area contributed by atoms with Crippen LogP contribution in [0.2, 0.25) is 0 Å². The van der Waals surface area contributed by atoms with Crippen molar-refractivity contribution in [2.24, 2.45) is 0 Å². The van der Waals surface area contributed by atoms with E-state index in [-0.39, 0.29) is 15.5 Å². The molecule has 2 rings (SSSR count). The van der Waals surface area contributed by atoms with E-state index in [2.05, 4.69) is 20.7 Å². The highest BCUT2D eigenvalue weighted by Gasteiger charge is 2.21. The minimum Gasteiger partial charge on any atom is -0.280 e. The second-order valence-corrected chi connectivity index (χ2v) is 10.0. The van der Waals surface area contributed by atoms with E-state index in [1.165, 1.54) is 38.4 Å². The zero-order valence-corrected chi connectivity index (χ0v) is 16.5. The lowest BCUT2D eigenvalue weighted by molar-refractivity contribution is 0.520. The van der Waals surface area contributed by atoms with Gasteiger partial charge in [0, 0.05) is 18.6 Å². The van der Waals surface area contributed by atoms with Crippen molar-refractivity contribution in [2.45, 2.75) is 16.7 Å². The summed E-state index contributed by atoms with van der Waals surface area (Å²) in [6.07, 6.45) is 0. The molecule has 0 amide bonds. The van der Waals surface area contributed by atoms with E-state index < -0.39 is 20.0 Å². The Morgan fingerprint density at radius 1 is 1.00 bits per heavy atom. The Kier molecular flexibility index (Phi) is 5.38. The summed E-state index contributed by atoms with van der Waals surface area (Å²) in [5.41, 5.74) is 0.718. The first-order chi connectivity index (χ1) is 11.0. The second-order valence-electron chi connectivity index (χ2n) is 5.33. The van der Waals surface area contributed by atoms with Crippen molar-refractivity contribution < 1.29 is 16.8 Å². The van der Waals surface area contributed by atoms with Gasteiger partial charge in [0.15, 0.2) is 0 Å². The summed E-state index contributed by atoms with van der Waals surface area (Å²) in [5.74, 6) is 0. The molecule has 130 valence electrons. The largest absolute Gasteiger partial charge is 0.280 e. The third kappa shape index (κ3) is 3.97. The Bertz CT molecular complexity index is 971. The molecule has 0 aliphatic carbocycles. The third-order valence-electron chi connectivity index (χ3n) is 3.31. The van der Waals surface area contributed by atoms with Crippen LogP contribution < -0.4 is 4.72 Å². The fourth-order valence-corrected chi connectivity index (χ4v) is 4.78. The predicted molar refractivity (Wildman–Crippen MR) is 97.0 cm³/mol. The number of rotatable bonds is 5. The molecule has 6 nitrogen and oxygen atoms in total. The van der Waals surface area contributed by atoms with Crippen molar-refractivity contribution in [3.05, 3.63) is 52.5 Å². The maximum atomic E-state index is 12.4. The van der Waals surface area contributed by atoms with E-state index in [0.717, 1.165) is 4.31 Å². The van der Waals surface area contributed by atoms with E-state index in [1.807, 2.05) is 0 Å². The monoisotopic (exact) mass is 432 g/mol. The van der Waals surface area contributed by atoms with E-state index >= 15 is 0 Å². The standard InChI is InChI=1S/C15H17BrN2O4S2/c1-11-7-8-13(10-15(11)24(21,22)18(2)3)17-23(19,20)14-6-4-5-12(16)9-14/h4-10,17H,1-3H3. The number of hydrogen-bond acceptors (Lipinski definition) is 4. The molecular weight excluding hydrogens is 416 g/mol. The van der Waals surface area contributed by atoms with Crippen LogP contribution in [0.15, 0.2) is 56.7 Å². The third-order valence-corrected chi connectivity index (χ3v) is 7.13. The zero-order chi connectivity index (χ0) is 18.1. The molecule has 0 saturated heterocycles. The number of anilines is 1. The molecule has 0 aliphatic rings. The number of sulfonamides is 2. The molecule has 24 heavy (non-hydrogen) atoms. The van der Waals surface area contributed by atoms with Gasteiger partial charge in [0.2, 0.25) is 10.0 Å². The molecule has 0 heterocycles. The van der Waals surface area contributed by atoms with Crippen LogP contribution in [0.5, 0.6) is 0 Å². The van der Waals surface area contributed by atoms with Crippen LogP contribution in [0.1, 0.15) is 5.56 Å². The molecule has 0 unspecified atom stereocenters. The smallest absolute Gasteiger partial charge is 0.261 e. The first-order valence-corrected chi connectivity index (χ1v) is 10.6. The Balaban J connectivity index is 2.45. The number of nitrogens with one attached hydrogen (secondary N) is 1. The summed E-state index contributed by atoms with van der Waals surface area (Å²) in [6.45, 7) is 1.66. The summed E-state index contributed by atoms with van der Waals surface area (Å²) in [7, 11) is -4.64. The Labute approximate surface area is 150 Å². The summed E-state index contributed by atoms with van der Waals surface area (Å²) >= 11 is 3.23. The highest BCUT2D eigenvalue weighted by atomic mass is 79.9. The van der Waals surface area contributed by atoms with Crippen LogP contribution in [-0.2, 0) is 20.0 Å². The number of hydrogen-bond donors (Lipinski definition) is 1. The maximum Gasteiger partial charge on any atom is 0.261 e. The van der Waals surface area contributed by atoms with Crippen molar-refractivity contribution >= 4 is 41.7 Å². The summed E-state index contributed by atoms with van der Waals surface area (Å²) in [5, 5.41) is 0. The maximum absolute atomic E-state index is 12.4. The lowest BCUT2D eigenvalue weighted by Gasteiger charge is -2.15. The Morgan fingerprint density at radius 3 is 2.25 bits per heavy atom. The second kappa shape index (κ2) is 6.83. The normalized spacial score (nSPS) is 12.4. The van der Waals surface area contributed by atoms with Gasteiger partial charge in [-0.2, -0.15) is 0 Å². The number of benzene rings is 2. The van der Waals surface area contributed by atoms with Crippen LogP contribution in [0, 0.1) is 6.92 Å². The lowest BCUT2D eigenvalue weighted by atomic mass is 10.2. The molecule has 0 aromatic heterocycles. The average Bonchev–Trinajstić information content (AvgIpc) is 2.48. The molecular formula is C15H17BrN2O4S2. The average molecular weight is 433 g/mol. The summed E-state index contributed by atoms with van der Waals surface area (Å²) < 4.78 is 53.7. The van der Waals surface area contributed by atoms with Gasteiger partial charge in [-0.05, 0) is 42.8 Å². The van der Waals surface area contributed by atoms with Gasteiger partial charge in [-0.15, -0.1) is 0 Å². The van der Waals surface area contributed by atoms with Crippen molar-refractivity contribution in [3.8, 4) is 0 Å². The Hall–Kier alpha value is -1.42. The molecule has 0 aliphatic heterocycles. The van der Waals surface area contributed by atoms with Gasteiger partial charge < -0.3 is 0 Å². The molecule has 2 aromatic carbocycles. The molecule has 0 bridgehead atoms. The highest BCUT2D eigenvalue weighted by Crippen LogP contribution is 2.25. The van der Waals surface area contributed by atoms with Crippen molar-refractivity contribution in [1.82, 2.24) is 4.31 Å². The van der Waals surface area contributed by atoms with Crippen LogP contribution in [-0.4, -0.2) is 35.2 Å². The van der Waals surface area contributed by atoms with E-state index in [1.54, 1.807) is 25.1 Å². The number of nitrogens with zero attached hydrogens (tertiary/aromatic N) is 1. The zero-order valence-electron chi connectivity index (χ0n) is 13.3. The molecule has 0 atom stereocenters. The molecule has 0 saturated carbocycles. The van der Waals surface area contributed by atoms with E-state index in [4.69, 9.17) is 0 Å². The summed E-state index contributed by atoms with van der Waals surface area (Å²) in [6, 6.07) is 10.7. The van der Waals surface area contributed by atoms with Crippen molar-refractivity contribution in [2.75, 3.05) is 18.8 Å². The minimum atomic E-state index is -3.82. The van der Waals surface area contributed by atoms with E-state index in [9.17, 15) is 16.8 Å². The Morgan fingerprint density at radius 2 is 1.67 bits per heavy atom. The van der Waals surface area contributed by atoms with Gasteiger partial charge >= 0.3 is 0 Å². The number of aryl methyl sites for hydroxylation is 1.